The number of aliphatic hydroxyl groups is 1. The monoisotopic (exact) mass is 304 g/mol. The van der Waals surface area contributed by atoms with E-state index in [2.05, 4.69) is 20.8 Å². The largest absolute Gasteiger partial charge is 0.390 e. The van der Waals surface area contributed by atoms with Gasteiger partial charge in [0.05, 0.1) is 5.60 Å². The number of hydrogen-bond acceptors (Lipinski definition) is 2. The molecule has 4 aliphatic carbocycles. The Hall–Kier alpha value is -0.370. The summed E-state index contributed by atoms with van der Waals surface area (Å²) in [5.41, 5.74) is 0.0530. The Balaban J connectivity index is 1.65. The Morgan fingerprint density at radius 2 is 1.68 bits per heavy atom. The van der Waals surface area contributed by atoms with Gasteiger partial charge in [-0.1, -0.05) is 13.8 Å². The zero-order valence-corrected chi connectivity index (χ0v) is 14.5. The standard InChI is InChI=1S/C20H32O2/c1-18-9-6-14(21)12-13(18)4-5-15-16(18)7-10-19(2)17(15)8-11-20(19,3)22/h13,15-17,22H,4-12H2,1-3H3/t13-,15+,16-,17+,18+,19+,20-/m0/s1. The van der Waals surface area contributed by atoms with Crippen LogP contribution >= 0.6 is 0 Å². The molecule has 2 heteroatoms. The molecule has 0 radical (unpaired) electrons. The number of rotatable bonds is 0. The average Bonchev–Trinajstić information content (AvgIpc) is 2.70. The summed E-state index contributed by atoms with van der Waals surface area (Å²) in [5.74, 6) is 3.44. The van der Waals surface area contributed by atoms with Crippen LogP contribution in [0.4, 0.5) is 0 Å². The summed E-state index contributed by atoms with van der Waals surface area (Å²) >= 11 is 0. The zero-order valence-electron chi connectivity index (χ0n) is 14.5. The molecule has 0 amide bonds. The fraction of sp³-hybridized carbons (Fsp3) is 0.950. The van der Waals surface area contributed by atoms with Gasteiger partial charge in [0.15, 0.2) is 0 Å². The minimum Gasteiger partial charge on any atom is -0.390 e. The third-order valence-electron chi connectivity index (χ3n) is 9.04. The Labute approximate surface area is 135 Å². The predicted octanol–water partition coefficient (Wildman–Crippen LogP) is 4.35. The van der Waals surface area contributed by atoms with Crippen molar-refractivity contribution in [1.29, 1.82) is 0 Å². The highest BCUT2D eigenvalue weighted by atomic mass is 16.3. The van der Waals surface area contributed by atoms with Gasteiger partial charge in [-0.15, -0.1) is 0 Å². The molecule has 0 bridgehead atoms. The third kappa shape index (κ3) is 1.79. The second-order valence-electron chi connectivity index (χ2n) is 9.67. The summed E-state index contributed by atoms with van der Waals surface area (Å²) < 4.78 is 0. The maximum atomic E-state index is 11.9. The second-order valence-corrected chi connectivity index (χ2v) is 9.67. The van der Waals surface area contributed by atoms with Crippen molar-refractivity contribution in [2.75, 3.05) is 0 Å². The van der Waals surface area contributed by atoms with Crippen LogP contribution in [0.15, 0.2) is 0 Å². The second kappa shape index (κ2) is 4.59. The third-order valence-corrected chi connectivity index (χ3v) is 9.04. The van der Waals surface area contributed by atoms with Gasteiger partial charge in [-0.05, 0) is 86.4 Å². The van der Waals surface area contributed by atoms with Gasteiger partial charge in [0.2, 0.25) is 0 Å². The highest BCUT2D eigenvalue weighted by Gasteiger charge is 2.63. The van der Waals surface area contributed by atoms with E-state index >= 15 is 0 Å². The quantitative estimate of drug-likeness (QED) is 0.722. The lowest BCUT2D eigenvalue weighted by atomic mass is 9.44. The van der Waals surface area contributed by atoms with E-state index in [0.717, 1.165) is 37.5 Å². The van der Waals surface area contributed by atoms with Crippen LogP contribution in [0.3, 0.4) is 0 Å². The minimum atomic E-state index is -0.469. The summed E-state index contributed by atoms with van der Waals surface area (Å²) in [4.78, 5) is 11.9. The molecule has 0 aromatic heterocycles. The lowest BCUT2D eigenvalue weighted by Crippen LogP contribution is -2.55. The van der Waals surface area contributed by atoms with Crippen LogP contribution in [0.5, 0.6) is 0 Å². The number of fused-ring (bicyclic) bond motifs is 5. The van der Waals surface area contributed by atoms with E-state index < -0.39 is 5.60 Å². The first-order valence-corrected chi connectivity index (χ1v) is 9.52. The van der Waals surface area contributed by atoms with Gasteiger partial charge in [0.1, 0.15) is 5.78 Å². The number of carbonyl (C=O) groups excluding carboxylic acids is 1. The lowest BCUT2D eigenvalue weighted by Gasteiger charge is -2.60. The smallest absolute Gasteiger partial charge is 0.133 e. The molecule has 22 heavy (non-hydrogen) atoms. The molecule has 4 fully saturated rings. The van der Waals surface area contributed by atoms with Crippen molar-refractivity contribution < 1.29 is 9.90 Å². The van der Waals surface area contributed by atoms with Gasteiger partial charge in [-0.3, -0.25) is 4.79 Å². The fourth-order valence-corrected chi connectivity index (χ4v) is 7.29. The van der Waals surface area contributed by atoms with Crippen LogP contribution in [-0.2, 0) is 4.79 Å². The molecule has 0 saturated heterocycles. The van der Waals surface area contributed by atoms with Crippen LogP contribution in [0, 0.1) is 34.5 Å². The Morgan fingerprint density at radius 3 is 2.45 bits per heavy atom. The van der Waals surface area contributed by atoms with Crippen LogP contribution < -0.4 is 0 Å². The minimum absolute atomic E-state index is 0.127. The highest BCUT2D eigenvalue weighted by Crippen LogP contribution is 2.67. The number of Topliss-reactive ketones (excluding diaryl/α,β-unsaturated/α-hetero) is 1. The van der Waals surface area contributed by atoms with Crippen LogP contribution in [0.1, 0.15) is 78.6 Å². The van der Waals surface area contributed by atoms with E-state index in [0.29, 0.717) is 23.0 Å². The molecule has 124 valence electrons. The molecule has 0 aromatic rings. The molecule has 4 saturated carbocycles. The van der Waals surface area contributed by atoms with Gasteiger partial charge >= 0.3 is 0 Å². The molecular weight excluding hydrogens is 272 g/mol. The molecule has 4 aliphatic rings. The van der Waals surface area contributed by atoms with Crippen molar-refractivity contribution in [2.24, 2.45) is 34.5 Å². The Kier molecular flexibility index (Phi) is 3.16. The number of ketones is 1. The first-order valence-electron chi connectivity index (χ1n) is 9.52. The van der Waals surface area contributed by atoms with Crippen molar-refractivity contribution in [1.82, 2.24) is 0 Å². The maximum absolute atomic E-state index is 11.9. The Morgan fingerprint density at radius 1 is 0.955 bits per heavy atom. The highest BCUT2D eigenvalue weighted by molar-refractivity contribution is 5.79. The van der Waals surface area contributed by atoms with Gasteiger partial charge < -0.3 is 5.11 Å². The summed E-state index contributed by atoms with van der Waals surface area (Å²) in [7, 11) is 0. The lowest BCUT2D eigenvalue weighted by molar-refractivity contribution is -0.152. The van der Waals surface area contributed by atoms with Crippen molar-refractivity contribution in [3.63, 3.8) is 0 Å². The van der Waals surface area contributed by atoms with Gasteiger partial charge in [0, 0.05) is 12.8 Å². The Bertz CT molecular complexity index is 496. The molecule has 2 nitrogen and oxygen atoms in total. The molecule has 0 aromatic carbocycles. The van der Waals surface area contributed by atoms with E-state index in [1.54, 1.807) is 0 Å². The van der Waals surface area contributed by atoms with Crippen molar-refractivity contribution in [3.8, 4) is 0 Å². The van der Waals surface area contributed by atoms with Gasteiger partial charge in [-0.25, -0.2) is 0 Å². The molecular formula is C20H32O2. The first-order chi connectivity index (χ1) is 10.3. The van der Waals surface area contributed by atoms with Gasteiger partial charge in [0.25, 0.3) is 0 Å². The van der Waals surface area contributed by atoms with E-state index in [1.165, 1.54) is 32.1 Å². The predicted molar refractivity (Wildman–Crippen MR) is 87.4 cm³/mol. The average molecular weight is 304 g/mol. The SMILES string of the molecule is C[C@@]12CCC(=O)C[C@@H]1CC[C@H]1[C@H]3CC[C@](C)(O)[C@]3(C)CC[C@@H]12. The van der Waals surface area contributed by atoms with E-state index in [-0.39, 0.29) is 5.41 Å². The van der Waals surface area contributed by atoms with Crippen LogP contribution in [0.2, 0.25) is 0 Å². The summed E-state index contributed by atoms with van der Waals surface area (Å²) in [5, 5.41) is 10.9. The van der Waals surface area contributed by atoms with Crippen molar-refractivity contribution in [2.45, 2.75) is 84.2 Å². The first kappa shape index (κ1) is 15.2. The molecule has 0 unspecified atom stereocenters. The molecule has 7 atom stereocenters. The van der Waals surface area contributed by atoms with Crippen molar-refractivity contribution >= 4 is 5.78 Å². The molecule has 0 aliphatic heterocycles. The molecule has 1 N–H and O–H groups in total. The van der Waals surface area contributed by atoms with E-state index in [4.69, 9.17) is 0 Å². The maximum Gasteiger partial charge on any atom is 0.133 e. The summed E-state index contributed by atoms with van der Waals surface area (Å²) in [6, 6.07) is 0. The van der Waals surface area contributed by atoms with Gasteiger partial charge in [-0.2, -0.15) is 0 Å². The molecule has 0 heterocycles. The normalized spacial score (nSPS) is 57.9. The van der Waals surface area contributed by atoms with E-state index in [1.807, 2.05) is 0 Å². The molecule has 4 rings (SSSR count). The zero-order chi connectivity index (χ0) is 15.8. The number of hydrogen-bond donors (Lipinski definition) is 1. The van der Waals surface area contributed by atoms with E-state index in [9.17, 15) is 9.90 Å². The summed E-state index contributed by atoms with van der Waals surface area (Å²) in [6.45, 7) is 6.94. The number of carbonyl (C=O) groups is 1. The van der Waals surface area contributed by atoms with Crippen LogP contribution in [0.25, 0.3) is 0 Å². The van der Waals surface area contributed by atoms with Crippen molar-refractivity contribution in [3.05, 3.63) is 0 Å². The fourth-order valence-electron chi connectivity index (χ4n) is 7.29. The topological polar surface area (TPSA) is 37.3 Å². The van der Waals surface area contributed by atoms with Crippen LogP contribution in [-0.4, -0.2) is 16.5 Å². The molecule has 0 spiro atoms. The summed E-state index contributed by atoms with van der Waals surface area (Å²) in [6.07, 6.45) is 9.98.